The third-order valence-electron chi connectivity index (χ3n) is 5.24. The number of benzene rings is 2. The molecule has 1 heterocycles. The molecule has 4 N–H and O–H groups in total. The molecule has 1 fully saturated rings. The van der Waals surface area contributed by atoms with Gasteiger partial charge in [-0.3, -0.25) is 14.9 Å². The van der Waals surface area contributed by atoms with Crippen molar-refractivity contribution in [3.05, 3.63) is 59.7 Å². The fourth-order valence-electron chi connectivity index (χ4n) is 3.62. The number of esters is 2. The van der Waals surface area contributed by atoms with Gasteiger partial charge in [0, 0.05) is 31.5 Å². The zero-order valence-corrected chi connectivity index (χ0v) is 18.9. The lowest BCUT2D eigenvalue weighted by atomic mass is 9.98. The van der Waals surface area contributed by atoms with E-state index >= 15 is 0 Å². The van der Waals surface area contributed by atoms with Crippen LogP contribution in [0.1, 0.15) is 25.0 Å². The summed E-state index contributed by atoms with van der Waals surface area (Å²) < 4.78 is 22.1. The van der Waals surface area contributed by atoms with Crippen molar-refractivity contribution in [1.29, 1.82) is 0 Å². The Labute approximate surface area is 197 Å². The van der Waals surface area contributed by atoms with Gasteiger partial charge in [-0.05, 0) is 12.1 Å². The lowest BCUT2D eigenvalue weighted by molar-refractivity contribution is -0.251. The van der Waals surface area contributed by atoms with Crippen LogP contribution in [0.4, 0.5) is 0 Å². The summed E-state index contributed by atoms with van der Waals surface area (Å²) in [6.45, 7) is 2.21. The Bertz CT molecular complexity index is 982. The van der Waals surface area contributed by atoms with E-state index in [9.17, 15) is 24.9 Å². The van der Waals surface area contributed by atoms with E-state index in [1.165, 1.54) is 13.8 Å². The van der Waals surface area contributed by atoms with Crippen LogP contribution in [-0.2, 0) is 32.2 Å². The summed E-state index contributed by atoms with van der Waals surface area (Å²) in [6, 6.07) is 13.7. The number of para-hydroxylation sites is 2. The number of rotatable bonds is 9. The molecule has 10 nitrogen and oxygen atoms in total. The molecule has 1 aliphatic rings. The average Bonchev–Trinajstić information content (AvgIpc) is 2.80. The highest BCUT2D eigenvalue weighted by atomic mass is 16.6. The van der Waals surface area contributed by atoms with Crippen LogP contribution in [0.3, 0.4) is 0 Å². The maximum absolute atomic E-state index is 11.4. The van der Waals surface area contributed by atoms with Crippen LogP contribution < -0.4 is 14.8 Å². The van der Waals surface area contributed by atoms with Crippen molar-refractivity contribution in [2.75, 3.05) is 6.61 Å². The van der Waals surface area contributed by atoms with Gasteiger partial charge < -0.3 is 34.3 Å². The summed E-state index contributed by atoms with van der Waals surface area (Å²) in [5, 5.41) is 33.7. The molecule has 10 heteroatoms. The number of carbonyl (C=O) groups is 2. The molecule has 34 heavy (non-hydrogen) atoms. The minimum atomic E-state index is -1.38. The Balaban J connectivity index is 1.76. The molecule has 0 bridgehead atoms. The van der Waals surface area contributed by atoms with Crippen molar-refractivity contribution < 1.29 is 43.9 Å². The highest BCUT2D eigenvalue weighted by Crippen LogP contribution is 2.27. The molecule has 0 spiro atoms. The van der Waals surface area contributed by atoms with Crippen molar-refractivity contribution in [2.24, 2.45) is 0 Å². The zero-order valence-electron chi connectivity index (χ0n) is 18.9. The second-order valence-corrected chi connectivity index (χ2v) is 7.82. The van der Waals surface area contributed by atoms with Crippen LogP contribution >= 0.6 is 0 Å². The van der Waals surface area contributed by atoms with Gasteiger partial charge in [0.05, 0.1) is 13.2 Å². The molecule has 1 saturated heterocycles. The first-order valence-electron chi connectivity index (χ1n) is 10.8. The largest absolute Gasteiger partial charge is 0.426 e. The quantitative estimate of drug-likeness (QED) is 0.301. The topological polar surface area (TPSA) is 144 Å². The lowest BCUT2D eigenvalue weighted by Crippen LogP contribution is -2.63. The smallest absolute Gasteiger partial charge is 0.308 e. The molecule has 2 aromatic carbocycles. The van der Waals surface area contributed by atoms with Gasteiger partial charge in [0.2, 0.25) is 0 Å². The number of hydrogen-bond donors (Lipinski definition) is 4. The summed E-state index contributed by atoms with van der Waals surface area (Å²) in [5.74, 6) is -0.270. The van der Waals surface area contributed by atoms with Gasteiger partial charge in [-0.15, -0.1) is 0 Å². The van der Waals surface area contributed by atoms with Crippen LogP contribution in [-0.4, -0.2) is 64.5 Å². The van der Waals surface area contributed by atoms with Crippen molar-refractivity contribution in [1.82, 2.24) is 5.32 Å². The number of hydrogen-bond acceptors (Lipinski definition) is 10. The van der Waals surface area contributed by atoms with Crippen LogP contribution in [0.2, 0.25) is 0 Å². The fourth-order valence-corrected chi connectivity index (χ4v) is 3.62. The number of aliphatic hydroxyl groups is 3. The maximum atomic E-state index is 11.4. The second-order valence-electron chi connectivity index (χ2n) is 7.82. The van der Waals surface area contributed by atoms with Gasteiger partial charge in [0.25, 0.3) is 0 Å². The lowest BCUT2D eigenvalue weighted by Gasteiger charge is -2.42. The standard InChI is InChI=1S/C24H29NO9/c1-14(27)32-18-9-5-3-7-16(18)11-25-24-23(22(30)21(29)20(12-26)34-24)31-13-17-8-4-6-10-19(17)33-15(2)28/h3-10,20-26,29-30H,11-13H2,1-2H3/t20-,21+,22-,23-,24?/m1/s1. The Morgan fingerprint density at radius 1 is 0.912 bits per heavy atom. The zero-order chi connectivity index (χ0) is 24.7. The molecule has 0 aromatic heterocycles. The Morgan fingerprint density at radius 2 is 1.47 bits per heavy atom. The first kappa shape index (κ1) is 25.8. The highest BCUT2D eigenvalue weighted by molar-refractivity contribution is 5.70. The third kappa shape index (κ3) is 6.60. The van der Waals surface area contributed by atoms with Gasteiger partial charge in [0.1, 0.15) is 42.1 Å². The van der Waals surface area contributed by atoms with E-state index in [4.69, 9.17) is 18.9 Å². The summed E-state index contributed by atoms with van der Waals surface area (Å²) in [7, 11) is 0. The van der Waals surface area contributed by atoms with Gasteiger partial charge in [-0.25, -0.2) is 0 Å². The van der Waals surface area contributed by atoms with E-state index in [0.29, 0.717) is 22.6 Å². The third-order valence-corrected chi connectivity index (χ3v) is 5.24. The predicted octanol–water partition coefficient (Wildman–Crippen LogP) is 0.651. The van der Waals surface area contributed by atoms with Crippen LogP contribution in [0.25, 0.3) is 0 Å². The van der Waals surface area contributed by atoms with Gasteiger partial charge in [0.15, 0.2) is 0 Å². The molecule has 184 valence electrons. The first-order chi connectivity index (χ1) is 16.3. The van der Waals surface area contributed by atoms with Crippen molar-refractivity contribution in [3.63, 3.8) is 0 Å². The average molecular weight is 475 g/mol. The summed E-state index contributed by atoms with van der Waals surface area (Å²) in [6.07, 6.45) is -5.77. The van der Waals surface area contributed by atoms with Gasteiger partial charge in [-0.1, -0.05) is 36.4 Å². The maximum Gasteiger partial charge on any atom is 0.308 e. The van der Waals surface area contributed by atoms with Crippen molar-refractivity contribution >= 4 is 11.9 Å². The molecular weight excluding hydrogens is 446 g/mol. The van der Waals surface area contributed by atoms with Gasteiger partial charge >= 0.3 is 11.9 Å². The Kier molecular flexibility index (Phi) is 9.11. The molecule has 3 rings (SSSR count). The van der Waals surface area contributed by atoms with Crippen molar-refractivity contribution in [3.8, 4) is 11.5 Å². The molecule has 1 aliphatic heterocycles. The van der Waals surface area contributed by atoms with E-state index in [2.05, 4.69) is 5.32 Å². The summed E-state index contributed by atoms with van der Waals surface area (Å²) >= 11 is 0. The molecular formula is C24H29NO9. The molecule has 0 radical (unpaired) electrons. The van der Waals surface area contributed by atoms with Crippen LogP contribution in [0.15, 0.2) is 48.5 Å². The molecule has 0 aliphatic carbocycles. The normalized spacial score (nSPS) is 24.4. The molecule has 2 aromatic rings. The van der Waals surface area contributed by atoms with Crippen LogP contribution in [0.5, 0.6) is 11.5 Å². The highest BCUT2D eigenvalue weighted by Gasteiger charge is 2.45. The van der Waals surface area contributed by atoms with E-state index in [-0.39, 0.29) is 13.2 Å². The summed E-state index contributed by atoms with van der Waals surface area (Å²) in [4.78, 5) is 22.8. The van der Waals surface area contributed by atoms with Gasteiger partial charge in [-0.2, -0.15) is 0 Å². The second kappa shape index (κ2) is 12.0. The number of carbonyl (C=O) groups excluding carboxylic acids is 2. The van der Waals surface area contributed by atoms with E-state index in [1.54, 1.807) is 48.5 Å². The minimum Gasteiger partial charge on any atom is -0.426 e. The fraction of sp³-hybridized carbons (Fsp3) is 0.417. The molecule has 5 atom stereocenters. The number of nitrogens with one attached hydrogen (secondary N) is 1. The number of aliphatic hydroxyl groups excluding tert-OH is 3. The Morgan fingerprint density at radius 3 is 2.06 bits per heavy atom. The predicted molar refractivity (Wildman–Crippen MR) is 119 cm³/mol. The molecule has 0 saturated carbocycles. The monoisotopic (exact) mass is 475 g/mol. The Hall–Kier alpha value is -2.86. The van der Waals surface area contributed by atoms with E-state index in [1.807, 2.05) is 0 Å². The number of ether oxygens (including phenoxy) is 4. The van der Waals surface area contributed by atoms with E-state index < -0.39 is 49.2 Å². The first-order valence-corrected chi connectivity index (χ1v) is 10.8. The van der Waals surface area contributed by atoms with E-state index in [0.717, 1.165) is 0 Å². The SMILES string of the molecule is CC(=O)Oc1ccccc1CNC1O[C@H](CO)[C@H](O)[C@@H](O)[C@H]1OCc1ccccc1OC(C)=O. The van der Waals surface area contributed by atoms with Crippen molar-refractivity contribution in [2.45, 2.75) is 57.6 Å². The molecule has 0 amide bonds. The molecule has 1 unspecified atom stereocenters. The summed E-state index contributed by atoms with van der Waals surface area (Å²) in [5.41, 5.74) is 1.21. The minimum absolute atomic E-state index is 0.0483. The van der Waals surface area contributed by atoms with Crippen LogP contribution in [0, 0.1) is 0 Å².